The van der Waals surface area contributed by atoms with Crippen molar-refractivity contribution in [3.63, 3.8) is 0 Å². The molecule has 1 N–H and O–H groups in total. The van der Waals surface area contributed by atoms with Gasteiger partial charge in [0.1, 0.15) is 0 Å². The van der Waals surface area contributed by atoms with Crippen LogP contribution < -0.4 is 0 Å². The molecular formula is C8H18O3. The van der Waals surface area contributed by atoms with Gasteiger partial charge in [-0.15, -0.1) is 0 Å². The minimum atomic E-state index is -0.201. The van der Waals surface area contributed by atoms with Gasteiger partial charge >= 0.3 is 0 Å². The van der Waals surface area contributed by atoms with Crippen LogP contribution in [0.3, 0.4) is 0 Å². The number of hydrogen-bond acceptors (Lipinski definition) is 3. The van der Waals surface area contributed by atoms with E-state index in [2.05, 4.69) is 0 Å². The smallest absolute Gasteiger partial charge is 0.0895 e. The standard InChI is InChI=1S/C8H18O3/c1-4-5-10-11-7-8(2,3)6-9/h9H,4-7H2,1-3H3. The Morgan fingerprint density at radius 1 is 1.27 bits per heavy atom. The van der Waals surface area contributed by atoms with E-state index in [4.69, 9.17) is 14.9 Å². The van der Waals surface area contributed by atoms with Crippen LogP contribution in [-0.4, -0.2) is 24.9 Å². The zero-order valence-corrected chi connectivity index (χ0v) is 7.59. The number of aliphatic hydroxyl groups excluding tert-OH is 1. The maximum absolute atomic E-state index is 8.82. The monoisotopic (exact) mass is 162 g/mol. The molecule has 0 bridgehead atoms. The first-order chi connectivity index (χ1) is 5.12. The van der Waals surface area contributed by atoms with Crippen LogP contribution in [0.15, 0.2) is 0 Å². The van der Waals surface area contributed by atoms with Gasteiger partial charge in [-0.2, -0.15) is 0 Å². The first-order valence-electron chi connectivity index (χ1n) is 3.97. The van der Waals surface area contributed by atoms with Crippen molar-refractivity contribution in [1.82, 2.24) is 0 Å². The number of hydrogen-bond donors (Lipinski definition) is 1. The van der Waals surface area contributed by atoms with Gasteiger partial charge in [-0.3, -0.25) is 0 Å². The summed E-state index contributed by atoms with van der Waals surface area (Å²) in [5.74, 6) is 0. The van der Waals surface area contributed by atoms with Gasteiger partial charge in [0, 0.05) is 5.41 Å². The fourth-order valence-corrected chi connectivity index (χ4v) is 0.389. The van der Waals surface area contributed by atoms with Crippen molar-refractivity contribution in [2.75, 3.05) is 19.8 Å². The lowest BCUT2D eigenvalue weighted by Crippen LogP contribution is -2.23. The fraction of sp³-hybridized carbons (Fsp3) is 1.00. The van der Waals surface area contributed by atoms with E-state index in [1.807, 2.05) is 20.8 Å². The van der Waals surface area contributed by atoms with Gasteiger partial charge in [-0.25, -0.2) is 9.78 Å². The van der Waals surface area contributed by atoms with Crippen LogP contribution in [0.5, 0.6) is 0 Å². The molecule has 0 aromatic carbocycles. The minimum absolute atomic E-state index is 0.114. The Kier molecular flexibility index (Phi) is 5.46. The van der Waals surface area contributed by atoms with Crippen LogP contribution in [0, 0.1) is 5.41 Å². The Bertz CT molecular complexity index is 91.3. The summed E-state index contributed by atoms with van der Waals surface area (Å²) >= 11 is 0. The summed E-state index contributed by atoms with van der Waals surface area (Å²) in [4.78, 5) is 9.68. The summed E-state index contributed by atoms with van der Waals surface area (Å²) in [7, 11) is 0. The van der Waals surface area contributed by atoms with Crippen LogP contribution in [0.2, 0.25) is 0 Å². The highest BCUT2D eigenvalue weighted by Gasteiger charge is 2.16. The van der Waals surface area contributed by atoms with Crippen molar-refractivity contribution in [1.29, 1.82) is 0 Å². The molecule has 3 heteroatoms. The van der Waals surface area contributed by atoms with Crippen LogP contribution in [0.4, 0.5) is 0 Å². The van der Waals surface area contributed by atoms with E-state index in [0.29, 0.717) is 13.2 Å². The van der Waals surface area contributed by atoms with Crippen molar-refractivity contribution in [2.45, 2.75) is 27.2 Å². The van der Waals surface area contributed by atoms with Gasteiger partial charge in [0.2, 0.25) is 0 Å². The summed E-state index contributed by atoms with van der Waals surface area (Å²) in [5.41, 5.74) is -0.201. The topological polar surface area (TPSA) is 38.7 Å². The average molecular weight is 162 g/mol. The van der Waals surface area contributed by atoms with Crippen LogP contribution >= 0.6 is 0 Å². The normalized spacial score (nSPS) is 12.0. The molecule has 0 saturated carbocycles. The van der Waals surface area contributed by atoms with E-state index < -0.39 is 0 Å². The molecule has 0 rings (SSSR count). The number of rotatable bonds is 6. The predicted octanol–water partition coefficient (Wildman–Crippen LogP) is 1.36. The van der Waals surface area contributed by atoms with E-state index in [1.165, 1.54) is 0 Å². The van der Waals surface area contributed by atoms with Gasteiger partial charge in [0.05, 0.1) is 19.8 Å². The summed E-state index contributed by atoms with van der Waals surface area (Å²) < 4.78 is 0. The lowest BCUT2D eigenvalue weighted by Gasteiger charge is -2.19. The van der Waals surface area contributed by atoms with Gasteiger partial charge in [-0.05, 0) is 6.42 Å². The third-order valence-corrected chi connectivity index (χ3v) is 1.25. The quantitative estimate of drug-likeness (QED) is 0.364. The van der Waals surface area contributed by atoms with E-state index in [1.54, 1.807) is 0 Å². The molecule has 0 unspecified atom stereocenters. The molecule has 0 heterocycles. The number of aliphatic hydroxyl groups is 1. The predicted molar refractivity (Wildman–Crippen MR) is 43.1 cm³/mol. The molecule has 0 aromatic heterocycles. The molecule has 3 nitrogen and oxygen atoms in total. The lowest BCUT2D eigenvalue weighted by molar-refractivity contribution is -0.309. The summed E-state index contributed by atoms with van der Waals surface area (Å²) in [6, 6.07) is 0. The molecule has 0 atom stereocenters. The van der Waals surface area contributed by atoms with Crippen molar-refractivity contribution in [2.24, 2.45) is 5.41 Å². The third kappa shape index (κ3) is 6.28. The first kappa shape index (κ1) is 10.9. The maximum Gasteiger partial charge on any atom is 0.0895 e. The molecule has 0 aromatic rings. The third-order valence-electron chi connectivity index (χ3n) is 1.25. The summed E-state index contributed by atoms with van der Waals surface area (Å²) in [6.07, 6.45) is 0.944. The SMILES string of the molecule is CCCOOCC(C)(C)CO. The van der Waals surface area contributed by atoms with Crippen molar-refractivity contribution in [3.8, 4) is 0 Å². The molecule has 0 spiro atoms. The molecule has 0 aliphatic rings. The minimum Gasteiger partial charge on any atom is -0.396 e. The summed E-state index contributed by atoms with van der Waals surface area (Å²) in [6.45, 7) is 7.01. The maximum atomic E-state index is 8.82. The van der Waals surface area contributed by atoms with E-state index >= 15 is 0 Å². The van der Waals surface area contributed by atoms with Crippen LogP contribution in [0.25, 0.3) is 0 Å². The van der Waals surface area contributed by atoms with E-state index in [-0.39, 0.29) is 12.0 Å². The average Bonchev–Trinajstić information content (AvgIpc) is 1.99. The van der Waals surface area contributed by atoms with Gasteiger partial charge in [0.15, 0.2) is 0 Å². The molecular weight excluding hydrogens is 144 g/mol. The lowest BCUT2D eigenvalue weighted by atomic mass is 9.97. The highest BCUT2D eigenvalue weighted by atomic mass is 17.2. The molecule has 0 amide bonds. The molecule has 11 heavy (non-hydrogen) atoms. The zero-order chi connectivity index (χ0) is 8.74. The molecule has 0 fully saturated rings. The second kappa shape index (κ2) is 5.52. The Balaban J connectivity index is 3.23. The zero-order valence-electron chi connectivity index (χ0n) is 7.59. The van der Waals surface area contributed by atoms with Crippen LogP contribution in [-0.2, 0) is 9.78 Å². The van der Waals surface area contributed by atoms with Gasteiger partial charge in [0.25, 0.3) is 0 Å². The Hall–Kier alpha value is -0.120. The molecule has 0 radical (unpaired) electrons. The van der Waals surface area contributed by atoms with Crippen LogP contribution in [0.1, 0.15) is 27.2 Å². The Labute approximate surface area is 68.2 Å². The molecule has 0 aliphatic heterocycles. The molecule has 0 aliphatic carbocycles. The van der Waals surface area contributed by atoms with Crippen molar-refractivity contribution in [3.05, 3.63) is 0 Å². The van der Waals surface area contributed by atoms with Gasteiger partial charge < -0.3 is 5.11 Å². The second-order valence-corrected chi connectivity index (χ2v) is 3.41. The van der Waals surface area contributed by atoms with E-state index in [9.17, 15) is 0 Å². The molecule has 68 valence electrons. The first-order valence-corrected chi connectivity index (χ1v) is 3.97. The Morgan fingerprint density at radius 2 is 1.91 bits per heavy atom. The van der Waals surface area contributed by atoms with Crippen molar-refractivity contribution < 1.29 is 14.9 Å². The van der Waals surface area contributed by atoms with Crippen molar-refractivity contribution >= 4 is 0 Å². The molecule has 0 saturated heterocycles. The van der Waals surface area contributed by atoms with Gasteiger partial charge in [-0.1, -0.05) is 20.8 Å². The Morgan fingerprint density at radius 3 is 2.36 bits per heavy atom. The van der Waals surface area contributed by atoms with E-state index in [0.717, 1.165) is 6.42 Å². The second-order valence-electron chi connectivity index (χ2n) is 3.41. The summed E-state index contributed by atoms with van der Waals surface area (Å²) in [5, 5.41) is 8.82. The largest absolute Gasteiger partial charge is 0.396 e. The fourth-order valence-electron chi connectivity index (χ4n) is 0.389. The highest BCUT2D eigenvalue weighted by Crippen LogP contribution is 2.13. The highest BCUT2D eigenvalue weighted by molar-refractivity contribution is 4.63.